The topological polar surface area (TPSA) is 43.8 Å². The Balaban J connectivity index is 2.39. The van der Waals surface area contributed by atoms with E-state index in [0.717, 1.165) is 22.3 Å². The molecule has 0 saturated heterocycles. The van der Waals surface area contributed by atoms with Crippen molar-refractivity contribution in [3.8, 4) is 0 Å². The van der Waals surface area contributed by atoms with Crippen LogP contribution >= 0.6 is 27.5 Å². The molecule has 90 valence electrons. The second kappa shape index (κ2) is 5.21. The summed E-state index contributed by atoms with van der Waals surface area (Å²) in [5.74, 6) is 0. The van der Waals surface area contributed by atoms with Crippen LogP contribution in [0.25, 0.3) is 0 Å². The molecule has 2 aromatic rings. The SMILES string of the molecule is CCn1nccc1C(N)c1cc(Cl)cc(Br)c1. The highest BCUT2D eigenvalue weighted by atomic mass is 79.9. The first-order valence-corrected chi connectivity index (χ1v) is 6.52. The van der Waals surface area contributed by atoms with Crippen molar-refractivity contribution >= 4 is 27.5 Å². The molecular weight excluding hydrogens is 302 g/mol. The number of aromatic nitrogens is 2. The second-order valence-corrected chi connectivity index (χ2v) is 5.10. The van der Waals surface area contributed by atoms with E-state index >= 15 is 0 Å². The first-order chi connectivity index (χ1) is 8.11. The Morgan fingerprint density at radius 1 is 1.47 bits per heavy atom. The van der Waals surface area contributed by atoms with Crippen LogP contribution in [0.3, 0.4) is 0 Å². The molecule has 0 saturated carbocycles. The van der Waals surface area contributed by atoms with Gasteiger partial charge in [-0.3, -0.25) is 4.68 Å². The summed E-state index contributed by atoms with van der Waals surface area (Å²) in [5.41, 5.74) is 8.19. The molecule has 0 fully saturated rings. The van der Waals surface area contributed by atoms with Crippen molar-refractivity contribution in [3.63, 3.8) is 0 Å². The molecule has 0 aliphatic carbocycles. The molecule has 5 heteroatoms. The van der Waals surface area contributed by atoms with Crippen LogP contribution in [-0.4, -0.2) is 9.78 Å². The average molecular weight is 315 g/mol. The van der Waals surface area contributed by atoms with Crippen LogP contribution in [0, 0.1) is 0 Å². The van der Waals surface area contributed by atoms with Crippen molar-refractivity contribution in [2.45, 2.75) is 19.5 Å². The Morgan fingerprint density at radius 3 is 2.88 bits per heavy atom. The van der Waals surface area contributed by atoms with E-state index in [9.17, 15) is 0 Å². The van der Waals surface area contributed by atoms with Crippen molar-refractivity contribution in [3.05, 3.63) is 51.2 Å². The Kier molecular flexibility index (Phi) is 3.86. The fourth-order valence-electron chi connectivity index (χ4n) is 1.80. The van der Waals surface area contributed by atoms with Gasteiger partial charge in [0.05, 0.1) is 11.7 Å². The molecule has 1 heterocycles. The Bertz CT molecular complexity index is 504. The molecule has 1 atom stereocenters. The highest BCUT2D eigenvalue weighted by Gasteiger charge is 2.14. The van der Waals surface area contributed by atoms with Crippen LogP contribution in [0.4, 0.5) is 0 Å². The molecule has 1 aromatic carbocycles. The molecule has 0 bridgehead atoms. The Morgan fingerprint density at radius 2 is 2.24 bits per heavy atom. The Hall–Kier alpha value is -0.840. The predicted octanol–water partition coefficient (Wildman–Crippen LogP) is 3.37. The number of nitrogens with zero attached hydrogens (tertiary/aromatic N) is 2. The Labute approximate surface area is 114 Å². The minimum atomic E-state index is -0.215. The summed E-state index contributed by atoms with van der Waals surface area (Å²) in [7, 11) is 0. The standard InChI is InChI=1S/C12H13BrClN3/c1-2-17-11(3-4-16-17)12(15)8-5-9(13)7-10(14)6-8/h3-7,12H,2,15H2,1H3. The van der Waals surface area contributed by atoms with E-state index in [1.54, 1.807) is 6.20 Å². The van der Waals surface area contributed by atoms with Gasteiger partial charge in [0.2, 0.25) is 0 Å². The lowest BCUT2D eigenvalue weighted by Gasteiger charge is -2.14. The molecule has 0 amide bonds. The van der Waals surface area contributed by atoms with Gasteiger partial charge in [-0.25, -0.2) is 0 Å². The van der Waals surface area contributed by atoms with Gasteiger partial charge in [0.15, 0.2) is 0 Å². The maximum absolute atomic E-state index is 6.23. The van der Waals surface area contributed by atoms with Gasteiger partial charge >= 0.3 is 0 Å². The van der Waals surface area contributed by atoms with Crippen LogP contribution in [0.5, 0.6) is 0 Å². The first kappa shape index (κ1) is 12.6. The van der Waals surface area contributed by atoms with Crippen molar-refractivity contribution in [2.75, 3.05) is 0 Å². The van der Waals surface area contributed by atoms with Gasteiger partial charge < -0.3 is 5.73 Å². The van der Waals surface area contributed by atoms with E-state index in [4.69, 9.17) is 17.3 Å². The van der Waals surface area contributed by atoms with Crippen LogP contribution in [0.15, 0.2) is 34.9 Å². The van der Waals surface area contributed by atoms with Crippen LogP contribution in [0.1, 0.15) is 24.2 Å². The number of rotatable bonds is 3. The van der Waals surface area contributed by atoms with Gasteiger partial charge in [-0.15, -0.1) is 0 Å². The zero-order chi connectivity index (χ0) is 12.4. The normalized spacial score (nSPS) is 12.7. The molecule has 0 aliphatic rings. The maximum Gasteiger partial charge on any atom is 0.0724 e. The third-order valence-electron chi connectivity index (χ3n) is 2.61. The summed E-state index contributed by atoms with van der Waals surface area (Å²) in [5, 5.41) is 4.89. The summed E-state index contributed by atoms with van der Waals surface area (Å²) in [6, 6.07) is 7.42. The van der Waals surface area contributed by atoms with Crippen molar-refractivity contribution < 1.29 is 0 Å². The maximum atomic E-state index is 6.23. The zero-order valence-electron chi connectivity index (χ0n) is 9.40. The van der Waals surface area contributed by atoms with Gasteiger partial charge in [0.25, 0.3) is 0 Å². The fourth-order valence-corrected chi connectivity index (χ4v) is 2.68. The van der Waals surface area contributed by atoms with Crippen molar-refractivity contribution in [1.82, 2.24) is 9.78 Å². The van der Waals surface area contributed by atoms with Gasteiger partial charge in [0.1, 0.15) is 0 Å². The molecule has 17 heavy (non-hydrogen) atoms. The lowest BCUT2D eigenvalue weighted by atomic mass is 10.0. The monoisotopic (exact) mass is 313 g/mol. The molecule has 1 unspecified atom stereocenters. The zero-order valence-corrected chi connectivity index (χ0v) is 11.7. The molecule has 0 aliphatic heterocycles. The smallest absolute Gasteiger partial charge is 0.0724 e. The second-order valence-electron chi connectivity index (χ2n) is 3.75. The number of nitrogens with two attached hydrogens (primary N) is 1. The summed E-state index contributed by atoms with van der Waals surface area (Å²) in [6.07, 6.45) is 1.76. The van der Waals surface area contributed by atoms with E-state index in [1.165, 1.54) is 0 Å². The van der Waals surface area contributed by atoms with Gasteiger partial charge in [-0.2, -0.15) is 5.10 Å². The first-order valence-electron chi connectivity index (χ1n) is 5.35. The molecule has 1 aromatic heterocycles. The van der Waals surface area contributed by atoms with E-state index < -0.39 is 0 Å². The quantitative estimate of drug-likeness (QED) is 0.944. The highest BCUT2D eigenvalue weighted by molar-refractivity contribution is 9.10. The third kappa shape index (κ3) is 2.70. The molecule has 2 N–H and O–H groups in total. The van der Waals surface area contributed by atoms with Crippen LogP contribution in [0.2, 0.25) is 5.02 Å². The minimum Gasteiger partial charge on any atom is -0.319 e. The van der Waals surface area contributed by atoms with Gasteiger partial charge in [0, 0.05) is 22.2 Å². The molecule has 3 nitrogen and oxygen atoms in total. The fraction of sp³-hybridized carbons (Fsp3) is 0.250. The number of hydrogen-bond donors (Lipinski definition) is 1. The van der Waals surface area contributed by atoms with Gasteiger partial charge in [-0.1, -0.05) is 27.5 Å². The summed E-state index contributed by atoms with van der Waals surface area (Å²) < 4.78 is 2.82. The van der Waals surface area contributed by atoms with Gasteiger partial charge in [-0.05, 0) is 36.8 Å². The summed E-state index contributed by atoms with van der Waals surface area (Å²) in [4.78, 5) is 0. The number of benzene rings is 1. The van der Waals surface area contributed by atoms with E-state index in [0.29, 0.717) is 5.02 Å². The number of hydrogen-bond acceptors (Lipinski definition) is 2. The number of halogens is 2. The van der Waals surface area contributed by atoms with Crippen molar-refractivity contribution in [2.24, 2.45) is 5.73 Å². The van der Waals surface area contributed by atoms with Crippen LogP contribution < -0.4 is 5.73 Å². The predicted molar refractivity (Wildman–Crippen MR) is 73.1 cm³/mol. The average Bonchev–Trinajstić information content (AvgIpc) is 2.74. The summed E-state index contributed by atoms with van der Waals surface area (Å²) in [6.45, 7) is 2.84. The molecule has 2 rings (SSSR count). The third-order valence-corrected chi connectivity index (χ3v) is 3.29. The molecule has 0 spiro atoms. The summed E-state index contributed by atoms with van der Waals surface area (Å²) >= 11 is 9.44. The highest BCUT2D eigenvalue weighted by Crippen LogP contribution is 2.26. The molecule has 0 radical (unpaired) electrons. The van der Waals surface area contributed by atoms with E-state index in [1.807, 2.05) is 35.9 Å². The van der Waals surface area contributed by atoms with E-state index in [-0.39, 0.29) is 6.04 Å². The number of aryl methyl sites for hydroxylation is 1. The van der Waals surface area contributed by atoms with E-state index in [2.05, 4.69) is 21.0 Å². The van der Waals surface area contributed by atoms with Crippen LogP contribution in [-0.2, 0) is 6.54 Å². The van der Waals surface area contributed by atoms with Crippen molar-refractivity contribution in [1.29, 1.82) is 0 Å². The lowest BCUT2D eigenvalue weighted by Crippen LogP contribution is -2.17. The largest absolute Gasteiger partial charge is 0.319 e. The minimum absolute atomic E-state index is 0.215. The molecular formula is C12H13BrClN3. The lowest BCUT2D eigenvalue weighted by molar-refractivity contribution is 0.601.